The summed E-state index contributed by atoms with van der Waals surface area (Å²) in [5.74, 6) is 2.55. The van der Waals surface area contributed by atoms with Gasteiger partial charge in [0, 0.05) is 23.1 Å². The van der Waals surface area contributed by atoms with Gasteiger partial charge >= 0.3 is 0 Å². The van der Waals surface area contributed by atoms with E-state index in [2.05, 4.69) is 6.07 Å². The Bertz CT molecular complexity index is 1130. The normalized spacial score (nSPS) is 19.2. The lowest BCUT2D eigenvalue weighted by atomic mass is 9.95. The van der Waals surface area contributed by atoms with Gasteiger partial charge in [-0.05, 0) is 55.5 Å². The molecule has 158 valence electrons. The fourth-order valence-corrected chi connectivity index (χ4v) is 4.19. The number of hydrogen-bond donors (Lipinski definition) is 1. The predicted molar refractivity (Wildman–Crippen MR) is 118 cm³/mol. The summed E-state index contributed by atoms with van der Waals surface area (Å²) in [7, 11) is 1.61. The van der Waals surface area contributed by atoms with E-state index in [1.54, 1.807) is 19.2 Å². The van der Waals surface area contributed by atoms with E-state index in [0.717, 1.165) is 28.3 Å². The van der Waals surface area contributed by atoms with E-state index in [4.69, 9.17) is 19.3 Å². The highest BCUT2D eigenvalue weighted by atomic mass is 16.5. The number of nitrogens with zero attached hydrogens (tertiary/aromatic N) is 2. The van der Waals surface area contributed by atoms with E-state index in [1.807, 2.05) is 60.5 Å². The fourth-order valence-electron chi connectivity index (χ4n) is 4.19. The molecule has 0 unspecified atom stereocenters. The highest BCUT2D eigenvalue weighted by molar-refractivity contribution is 6.04. The minimum absolute atomic E-state index is 0.0159. The first-order valence-electron chi connectivity index (χ1n) is 10.4. The van der Waals surface area contributed by atoms with E-state index >= 15 is 0 Å². The molecule has 0 spiro atoms. The van der Waals surface area contributed by atoms with Gasteiger partial charge in [0.25, 0.3) is 0 Å². The van der Waals surface area contributed by atoms with Crippen LogP contribution in [0.4, 0.5) is 0 Å². The van der Waals surface area contributed by atoms with Crippen LogP contribution in [-0.2, 0) is 0 Å². The van der Waals surface area contributed by atoms with Crippen LogP contribution in [0.5, 0.6) is 23.0 Å². The van der Waals surface area contributed by atoms with Crippen LogP contribution in [0, 0.1) is 0 Å². The number of methoxy groups -OCH3 is 1. The molecule has 2 heterocycles. The molecule has 0 radical (unpaired) electrons. The topological polar surface area (TPSA) is 63.5 Å². The molecule has 2 atom stereocenters. The predicted octanol–water partition coefficient (Wildman–Crippen LogP) is 5.04. The van der Waals surface area contributed by atoms with Gasteiger partial charge in [-0.15, -0.1) is 0 Å². The zero-order valence-electron chi connectivity index (χ0n) is 17.5. The molecule has 3 aromatic carbocycles. The Morgan fingerprint density at radius 2 is 1.84 bits per heavy atom. The molecule has 0 aromatic heterocycles. The van der Waals surface area contributed by atoms with Crippen molar-refractivity contribution in [3.05, 3.63) is 83.4 Å². The number of benzene rings is 3. The molecule has 0 fully saturated rings. The van der Waals surface area contributed by atoms with Gasteiger partial charge in [-0.3, -0.25) is 0 Å². The van der Waals surface area contributed by atoms with E-state index < -0.39 is 0 Å². The third kappa shape index (κ3) is 3.44. The Morgan fingerprint density at radius 3 is 2.61 bits per heavy atom. The number of fused-ring (bicyclic) bond motifs is 3. The van der Waals surface area contributed by atoms with Crippen molar-refractivity contribution in [3.8, 4) is 23.0 Å². The van der Waals surface area contributed by atoms with E-state index in [1.165, 1.54) is 0 Å². The first kappa shape index (κ1) is 19.3. The van der Waals surface area contributed by atoms with Crippen molar-refractivity contribution in [2.24, 2.45) is 5.10 Å². The first-order valence-corrected chi connectivity index (χ1v) is 10.4. The highest BCUT2D eigenvalue weighted by Gasteiger charge is 2.41. The zero-order chi connectivity index (χ0) is 21.4. The number of phenolic OH excluding ortho intramolecular Hbond substituents is 1. The van der Waals surface area contributed by atoms with Crippen molar-refractivity contribution in [3.63, 3.8) is 0 Å². The van der Waals surface area contributed by atoms with E-state index in [-0.39, 0.29) is 18.0 Å². The Hall–Kier alpha value is -3.67. The molecule has 1 N–H and O–H groups in total. The van der Waals surface area contributed by atoms with Crippen LogP contribution in [0.15, 0.2) is 71.8 Å². The molecule has 0 amide bonds. The summed E-state index contributed by atoms with van der Waals surface area (Å²) in [4.78, 5) is 0. The van der Waals surface area contributed by atoms with Crippen molar-refractivity contribution in [2.75, 3.05) is 13.7 Å². The molecule has 2 aliphatic rings. The van der Waals surface area contributed by atoms with Gasteiger partial charge in [0.2, 0.25) is 6.23 Å². The van der Waals surface area contributed by atoms with Gasteiger partial charge in [-0.2, -0.15) is 5.10 Å². The van der Waals surface area contributed by atoms with Crippen LogP contribution in [0.25, 0.3) is 0 Å². The van der Waals surface area contributed by atoms with Crippen LogP contribution in [0.2, 0.25) is 0 Å². The van der Waals surface area contributed by atoms with Gasteiger partial charge in [0.1, 0.15) is 23.0 Å². The van der Waals surface area contributed by atoms with Gasteiger partial charge in [0.05, 0.1) is 25.5 Å². The third-order valence-electron chi connectivity index (χ3n) is 5.69. The summed E-state index contributed by atoms with van der Waals surface area (Å²) in [5.41, 5.74) is 3.56. The molecule has 0 saturated carbocycles. The SMILES string of the molecule is CCOc1ccc([C@@H]2Oc3ccccc3[C@@H]3CC(c4cc(OC)ccc4O)=NN32)cc1. The largest absolute Gasteiger partial charge is 0.507 e. The third-order valence-corrected chi connectivity index (χ3v) is 5.69. The van der Waals surface area contributed by atoms with Crippen LogP contribution in [0.1, 0.15) is 42.3 Å². The Morgan fingerprint density at radius 1 is 1.06 bits per heavy atom. The number of ether oxygens (including phenoxy) is 3. The number of hydrazone groups is 1. The molecule has 0 saturated heterocycles. The number of rotatable bonds is 5. The van der Waals surface area contributed by atoms with Gasteiger partial charge in [-0.25, -0.2) is 5.01 Å². The van der Waals surface area contributed by atoms with Gasteiger partial charge in [-0.1, -0.05) is 18.2 Å². The quantitative estimate of drug-likeness (QED) is 0.631. The summed E-state index contributed by atoms with van der Waals surface area (Å²) in [6.07, 6.45) is 0.287. The summed E-state index contributed by atoms with van der Waals surface area (Å²) in [5, 5.41) is 17.4. The summed E-state index contributed by atoms with van der Waals surface area (Å²) < 4.78 is 17.3. The van der Waals surface area contributed by atoms with Gasteiger partial charge < -0.3 is 19.3 Å². The average Bonchev–Trinajstić information content (AvgIpc) is 3.25. The first-order chi connectivity index (χ1) is 15.2. The van der Waals surface area contributed by atoms with Crippen molar-refractivity contribution in [1.29, 1.82) is 0 Å². The minimum Gasteiger partial charge on any atom is -0.507 e. The minimum atomic E-state index is -0.374. The molecule has 5 rings (SSSR count). The van der Waals surface area contributed by atoms with Crippen LogP contribution in [-0.4, -0.2) is 29.5 Å². The maximum absolute atomic E-state index is 10.5. The molecular formula is C25H24N2O4. The Balaban J connectivity index is 1.56. The second-order valence-corrected chi connectivity index (χ2v) is 7.54. The molecule has 0 aliphatic carbocycles. The number of aromatic hydroxyl groups is 1. The molecular weight excluding hydrogens is 392 g/mol. The maximum Gasteiger partial charge on any atom is 0.213 e. The van der Waals surface area contributed by atoms with Crippen molar-refractivity contribution >= 4 is 5.71 Å². The zero-order valence-corrected chi connectivity index (χ0v) is 17.5. The number of para-hydroxylation sites is 1. The lowest BCUT2D eigenvalue weighted by molar-refractivity contribution is -0.0190. The summed E-state index contributed by atoms with van der Waals surface area (Å²) in [6, 6.07) is 21.2. The van der Waals surface area contributed by atoms with Crippen LogP contribution < -0.4 is 14.2 Å². The number of phenols is 1. The van der Waals surface area contributed by atoms with Crippen LogP contribution >= 0.6 is 0 Å². The lowest BCUT2D eigenvalue weighted by Crippen LogP contribution is -2.33. The molecule has 0 bridgehead atoms. The van der Waals surface area contributed by atoms with E-state index in [9.17, 15) is 5.11 Å². The molecule has 6 heteroatoms. The highest BCUT2D eigenvalue weighted by Crippen LogP contribution is 2.48. The molecule has 31 heavy (non-hydrogen) atoms. The summed E-state index contributed by atoms with van der Waals surface area (Å²) in [6.45, 7) is 2.59. The fraction of sp³-hybridized carbons (Fsp3) is 0.240. The maximum atomic E-state index is 10.5. The molecule has 6 nitrogen and oxygen atoms in total. The second kappa shape index (κ2) is 7.87. The lowest BCUT2D eigenvalue weighted by Gasteiger charge is -2.38. The van der Waals surface area contributed by atoms with Crippen molar-refractivity contribution in [2.45, 2.75) is 25.6 Å². The average molecular weight is 416 g/mol. The summed E-state index contributed by atoms with van der Waals surface area (Å²) >= 11 is 0. The van der Waals surface area contributed by atoms with Crippen molar-refractivity contribution < 1.29 is 19.3 Å². The number of hydrogen-bond acceptors (Lipinski definition) is 6. The Labute approximate surface area is 181 Å². The molecule has 3 aromatic rings. The monoisotopic (exact) mass is 416 g/mol. The molecule has 2 aliphatic heterocycles. The van der Waals surface area contributed by atoms with Gasteiger partial charge in [0.15, 0.2) is 0 Å². The Kier molecular flexibility index (Phi) is 4.90. The van der Waals surface area contributed by atoms with Crippen molar-refractivity contribution in [1.82, 2.24) is 5.01 Å². The van der Waals surface area contributed by atoms with E-state index in [0.29, 0.717) is 24.3 Å². The smallest absolute Gasteiger partial charge is 0.213 e. The second-order valence-electron chi connectivity index (χ2n) is 7.54. The van der Waals surface area contributed by atoms with Crippen LogP contribution in [0.3, 0.4) is 0 Å². The standard InChI is InChI=1S/C25H24N2O4/c1-3-30-17-10-8-16(9-11-17)25-27-22(19-6-4-5-7-24(19)31-25)15-21(26-27)20-14-18(29-2)12-13-23(20)28/h4-14,22,25,28H,3,15H2,1-2H3/t22-,25-/m0/s1.